The summed E-state index contributed by atoms with van der Waals surface area (Å²) < 4.78 is 0. The first-order valence-electron chi connectivity index (χ1n) is 7.71. The molecule has 1 fully saturated rings. The Balaban J connectivity index is 1.67. The van der Waals surface area contributed by atoms with E-state index in [1.165, 1.54) is 4.88 Å². The van der Waals surface area contributed by atoms with Gasteiger partial charge >= 0.3 is 0 Å². The van der Waals surface area contributed by atoms with Crippen molar-refractivity contribution in [3.8, 4) is 0 Å². The van der Waals surface area contributed by atoms with Crippen molar-refractivity contribution in [2.75, 3.05) is 32.7 Å². The summed E-state index contributed by atoms with van der Waals surface area (Å²) in [5.74, 6) is 0.280. The van der Waals surface area contributed by atoms with Crippen LogP contribution in [0.15, 0.2) is 17.5 Å². The van der Waals surface area contributed by atoms with E-state index >= 15 is 0 Å². The number of hydrogen-bond donors (Lipinski definition) is 1. The van der Waals surface area contributed by atoms with Crippen LogP contribution in [-0.2, 0) is 11.3 Å². The topological polar surface area (TPSA) is 35.6 Å². The van der Waals surface area contributed by atoms with Crippen molar-refractivity contribution in [1.82, 2.24) is 15.1 Å². The molecule has 118 valence electrons. The highest BCUT2D eigenvalue weighted by atomic mass is 32.1. The smallest absolute Gasteiger partial charge is 0.223 e. The van der Waals surface area contributed by atoms with Gasteiger partial charge in [-0.3, -0.25) is 9.69 Å². The molecule has 1 amide bonds. The molecule has 0 aliphatic carbocycles. The normalized spacial score (nSPS) is 17.2. The number of rotatable bonds is 5. The van der Waals surface area contributed by atoms with Crippen molar-refractivity contribution >= 4 is 17.2 Å². The molecule has 1 N–H and O–H groups in total. The van der Waals surface area contributed by atoms with Gasteiger partial charge in [-0.25, -0.2) is 0 Å². The van der Waals surface area contributed by atoms with Crippen LogP contribution >= 0.6 is 11.3 Å². The molecule has 1 aromatic heterocycles. The lowest BCUT2D eigenvalue weighted by Gasteiger charge is -2.34. The van der Waals surface area contributed by atoms with Gasteiger partial charge in [-0.1, -0.05) is 6.07 Å². The SMILES string of the molecule is CC(C)(C)NCCC(=O)N1CCN(Cc2cccs2)CC1. The molecule has 4 nitrogen and oxygen atoms in total. The predicted octanol–water partition coefficient (Wildman–Crippen LogP) is 2.17. The molecule has 0 atom stereocenters. The molecule has 0 radical (unpaired) electrons. The van der Waals surface area contributed by atoms with Crippen LogP contribution in [0.25, 0.3) is 0 Å². The quantitative estimate of drug-likeness (QED) is 0.905. The number of thiophene rings is 1. The van der Waals surface area contributed by atoms with E-state index in [9.17, 15) is 4.79 Å². The average Bonchev–Trinajstić information content (AvgIpc) is 2.91. The molecule has 2 rings (SSSR count). The van der Waals surface area contributed by atoms with E-state index in [4.69, 9.17) is 0 Å². The van der Waals surface area contributed by atoms with Gasteiger partial charge in [0, 0.05) is 56.1 Å². The summed E-state index contributed by atoms with van der Waals surface area (Å²) in [6.07, 6.45) is 0.599. The number of carbonyl (C=O) groups is 1. The fourth-order valence-corrected chi connectivity index (χ4v) is 3.23. The Morgan fingerprint density at radius 1 is 1.29 bits per heavy atom. The summed E-state index contributed by atoms with van der Waals surface area (Å²) in [5, 5.41) is 5.50. The molecular weight excluding hydrogens is 282 g/mol. The van der Waals surface area contributed by atoms with Crippen molar-refractivity contribution in [2.24, 2.45) is 0 Å². The minimum Gasteiger partial charge on any atom is -0.340 e. The molecular formula is C16H27N3OS. The third kappa shape index (κ3) is 5.77. The lowest BCUT2D eigenvalue weighted by molar-refractivity contribution is -0.132. The van der Waals surface area contributed by atoms with Gasteiger partial charge in [0.2, 0.25) is 5.91 Å². The van der Waals surface area contributed by atoms with Crippen molar-refractivity contribution in [1.29, 1.82) is 0 Å². The molecule has 1 saturated heterocycles. The fraction of sp³-hybridized carbons (Fsp3) is 0.688. The van der Waals surface area contributed by atoms with Crippen molar-refractivity contribution in [3.63, 3.8) is 0 Å². The molecule has 0 aromatic carbocycles. The van der Waals surface area contributed by atoms with E-state index in [0.717, 1.165) is 39.3 Å². The second-order valence-corrected chi connectivity index (χ2v) is 7.70. The maximum absolute atomic E-state index is 12.2. The van der Waals surface area contributed by atoms with E-state index in [-0.39, 0.29) is 11.4 Å². The van der Waals surface area contributed by atoms with Crippen LogP contribution in [0, 0.1) is 0 Å². The predicted molar refractivity (Wildman–Crippen MR) is 88.5 cm³/mol. The first-order valence-corrected chi connectivity index (χ1v) is 8.59. The highest BCUT2D eigenvalue weighted by molar-refractivity contribution is 7.09. The third-order valence-electron chi connectivity index (χ3n) is 3.68. The first-order chi connectivity index (χ1) is 9.94. The average molecular weight is 309 g/mol. The Bertz CT molecular complexity index is 431. The van der Waals surface area contributed by atoms with E-state index in [0.29, 0.717) is 6.42 Å². The number of nitrogens with zero attached hydrogens (tertiary/aromatic N) is 2. The molecule has 0 unspecified atom stereocenters. The highest BCUT2D eigenvalue weighted by Crippen LogP contribution is 2.13. The zero-order valence-corrected chi connectivity index (χ0v) is 14.2. The van der Waals surface area contributed by atoms with Gasteiger partial charge < -0.3 is 10.2 Å². The first kappa shape index (κ1) is 16.5. The molecule has 5 heteroatoms. The summed E-state index contributed by atoms with van der Waals surface area (Å²) in [6.45, 7) is 11.8. The van der Waals surface area contributed by atoms with Gasteiger partial charge in [0.25, 0.3) is 0 Å². The van der Waals surface area contributed by atoms with Gasteiger partial charge in [-0.15, -0.1) is 11.3 Å². The van der Waals surface area contributed by atoms with E-state index in [2.05, 4.69) is 48.5 Å². The third-order valence-corrected chi connectivity index (χ3v) is 4.54. The lowest BCUT2D eigenvalue weighted by atomic mass is 10.1. The van der Waals surface area contributed by atoms with Gasteiger partial charge in [-0.2, -0.15) is 0 Å². The number of hydrogen-bond acceptors (Lipinski definition) is 4. The maximum atomic E-state index is 12.2. The summed E-state index contributed by atoms with van der Waals surface area (Å²) in [5.41, 5.74) is 0.0830. The molecule has 1 aromatic rings. The number of amides is 1. The zero-order valence-electron chi connectivity index (χ0n) is 13.4. The van der Waals surface area contributed by atoms with Gasteiger partial charge in [0.05, 0.1) is 0 Å². The lowest BCUT2D eigenvalue weighted by Crippen LogP contribution is -2.49. The minimum atomic E-state index is 0.0830. The van der Waals surface area contributed by atoms with Crippen LogP contribution < -0.4 is 5.32 Å². The number of piperazine rings is 1. The second kappa shape index (κ2) is 7.38. The standard InChI is InChI=1S/C16H27N3OS/c1-16(2,3)17-7-6-15(20)19-10-8-18(9-11-19)13-14-5-4-12-21-14/h4-5,12,17H,6-11,13H2,1-3H3. The molecule has 2 heterocycles. The van der Waals surface area contributed by atoms with Crippen molar-refractivity contribution in [2.45, 2.75) is 39.3 Å². The van der Waals surface area contributed by atoms with Crippen LogP contribution in [0.3, 0.4) is 0 Å². The van der Waals surface area contributed by atoms with Crippen LogP contribution in [0.4, 0.5) is 0 Å². The molecule has 21 heavy (non-hydrogen) atoms. The van der Waals surface area contributed by atoms with Crippen LogP contribution in [-0.4, -0.2) is 54.0 Å². The molecule has 1 aliphatic heterocycles. The molecule has 1 aliphatic rings. The van der Waals surface area contributed by atoms with Crippen LogP contribution in [0.1, 0.15) is 32.1 Å². The molecule has 0 saturated carbocycles. The number of carbonyl (C=O) groups excluding carboxylic acids is 1. The van der Waals surface area contributed by atoms with E-state index in [1.807, 2.05) is 4.90 Å². The Kier molecular flexibility index (Phi) is 5.79. The van der Waals surface area contributed by atoms with Crippen molar-refractivity contribution in [3.05, 3.63) is 22.4 Å². The van der Waals surface area contributed by atoms with Gasteiger partial charge in [-0.05, 0) is 32.2 Å². The summed E-state index contributed by atoms with van der Waals surface area (Å²) in [4.78, 5) is 18.0. The van der Waals surface area contributed by atoms with Crippen molar-refractivity contribution < 1.29 is 4.79 Å². The Hall–Kier alpha value is -0.910. The van der Waals surface area contributed by atoms with Gasteiger partial charge in [0.15, 0.2) is 0 Å². The molecule has 0 bridgehead atoms. The Morgan fingerprint density at radius 2 is 2.00 bits per heavy atom. The second-order valence-electron chi connectivity index (χ2n) is 6.66. The largest absolute Gasteiger partial charge is 0.340 e. The molecule has 0 spiro atoms. The monoisotopic (exact) mass is 309 g/mol. The highest BCUT2D eigenvalue weighted by Gasteiger charge is 2.21. The minimum absolute atomic E-state index is 0.0830. The summed E-state index contributed by atoms with van der Waals surface area (Å²) in [7, 11) is 0. The summed E-state index contributed by atoms with van der Waals surface area (Å²) >= 11 is 1.81. The van der Waals surface area contributed by atoms with Crippen LogP contribution in [0.2, 0.25) is 0 Å². The maximum Gasteiger partial charge on any atom is 0.223 e. The van der Waals surface area contributed by atoms with Crippen LogP contribution in [0.5, 0.6) is 0 Å². The van der Waals surface area contributed by atoms with E-state index in [1.54, 1.807) is 11.3 Å². The Morgan fingerprint density at radius 3 is 2.57 bits per heavy atom. The summed E-state index contributed by atoms with van der Waals surface area (Å²) in [6, 6.07) is 4.28. The van der Waals surface area contributed by atoms with Gasteiger partial charge in [0.1, 0.15) is 0 Å². The number of nitrogens with one attached hydrogen (secondary N) is 1. The fourth-order valence-electron chi connectivity index (χ4n) is 2.48. The Labute approximate surface area is 132 Å². The van der Waals surface area contributed by atoms with E-state index < -0.39 is 0 Å². The zero-order chi connectivity index (χ0) is 15.3.